The maximum atomic E-state index is 12.1. The van der Waals surface area contributed by atoms with Crippen molar-refractivity contribution in [2.45, 2.75) is 65.1 Å². The normalized spacial score (nSPS) is 17.0. The van der Waals surface area contributed by atoms with Gasteiger partial charge in [0, 0.05) is 39.8 Å². The summed E-state index contributed by atoms with van der Waals surface area (Å²) in [7, 11) is 3.40. The highest BCUT2D eigenvalue weighted by atomic mass is 127. The second-order valence-corrected chi connectivity index (χ2v) is 8.82. The molecule has 0 bridgehead atoms. The van der Waals surface area contributed by atoms with Crippen LogP contribution in [0.4, 0.5) is 4.79 Å². The van der Waals surface area contributed by atoms with E-state index in [2.05, 4.69) is 45.0 Å². The topological polar surface area (TPSA) is 107 Å². The molecule has 1 rings (SSSR count). The van der Waals surface area contributed by atoms with Gasteiger partial charge in [0.1, 0.15) is 5.60 Å². The van der Waals surface area contributed by atoms with E-state index in [1.165, 1.54) is 0 Å². The van der Waals surface area contributed by atoms with Gasteiger partial charge < -0.3 is 26.0 Å². The number of amides is 2. The van der Waals surface area contributed by atoms with Crippen LogP contribution < -0.4 is 21.3 Å². The highest BCUT2D eigenvalue weighted by Gasteiger charge is 2.23. The van der Waals surface area contributed by atoms with E-state index >= 15 is 0 Å². The molecule has 0 spiro atoms. The molecule has 9 nitrogen and oxygen atoms in total. The summed E-state index contributed by atoms with van der Waals surface area (Å²) in [5.74, 6) is 0.999. The Morgan fingerprint density at radius 1 is 1.20 bits per heavy atom. The minimum absolute atomic E-state index is 0. The van der Waals surface area contributed by atoms with Crippen LogP contribution in [0.2, 0.25) is 0 Å². The molecule has 0 aromatic rings. The van der Waals surface area contributed by atoms with Crippen LogP contribution in [0, 0.1) is 5.92 Å². The Kier molecular flexibility index (Phi) is 13.3. The summed E-state index contributed by atoms with van der Waals surface area (Å²) in [6, 6.07) is 0.219. The first-order valence-corrected chi connectivity index (χ1v) is 10.4. The maximum Gasteiger partial charge on any atom is 0.407 e. The van der Waals surface area contributed by atoms with E-state index in [0.29, 0.717) is 25.1 Å². The molecule has 10 heteroatoms. The molecule has 1 heterocycles. The minimum atomic E-state index is -0.525. The number of guanidine groups is 1. The number of alkyl carbamates (subject to hydrolysis) is 1. The van der Waals surface area contributed by atoms with E-state index in [4.69, 9.17) is 4.74 Å². The molecule has 1 unspecified atom stereocenters. The number of likely N-dealkylation sites (tertiary alicyclic amines) is 1. The fourth-order valence-electron chi connectivity index (χ4n) is 3.02. The smallest absolute Gasteiger partial charge is 0.407 e. The summed E-state index contributed by atoms with van der Waals surface area (Å²) in [6.45, 7) is 12.4. The number of ether oxygens (including phenoxy) is 1. The van der Waals surface area contributed by atoms with Gasteiger partial charge in [0.15, 0.2) is 5.96 Å². The number of hydrogen-bond donors (Lipinski definition) is 4. The first kappa shape index (κ1) is 28.7. The van der Waals surface area contributed by atoms with Crippen LogP contribution in [0.1, 0.15) is 47.5 Å². The number of nitrogens with one attached hydrogen (secondary N) is 4. The van der Waals surface area contributed by atoms with Gasteiger partial charge in [-0.25, -0.2) is 4.79 Å². The molecule has 0 aromatic heterocycles. The van der Waals surface area contributed by atoms with Gasteiger partial charge in [0.2, 0.25) is 5.91 Å². The highest BCUT2D eigenvalue weighted by Crippen LogP contribution is 2.10. The van der Waals surface area contributed by atoms with Crippen molar-refractivity contribution in [1.29, 1.82) is 0 Å². The Bertz CT molecular complexity index is 557. The molecule has 0 saturated carbocycles. The van der Waals surface area contributed by atoms with Gasteiger partial charge in [-0.2, -0.15) is 0 Å². The van der Waals surface area contributed by atoms with Gasteiger partial charge >= 0.3 is 6.09 Å². The lowest BCUT2D eigenvalue weighted by molar-refractivity contribution is -0.122. The number of carbonyl (C=O) groups is 2. The lowest BCUT2D eigenvalue weighted by atomic mass is 10.0. The first-order chi connectivity index (χ1) is 13.5. The van der Waals surface area contributed by atoms with Gasteiger partial charge in [-0.3, -0.25) is 14.7 Å². The van der Waals surface area contributed by atoms with Crippen molar-refractivity contribution in [3.8, 4) is 0 Å². The summed E-state index contributed by atoms with van der Waals surface area (Å²) in [5, 5.41) is 12.4. The molecule has 1 aliphatic heterocycles. The second-order valence-electron chi connectivity index (χ2n) is 8.82. The monoisotopic (exact) mass is 540 g/mol. The predicted molar refractivity (Wildman–Crippen MR) is 131 cm³/mol. The van der Waals surface area contributed by atoms with Crippen molar-refractivity contribution in [1.82, 2.24) is 26.2 Å². The standard InChI is InChI=1S/C20H40N6O3.HI/c1-14(2)16(25-19(28)29-20(3,4)5)12-23-18(22-7)24-15-8-10-26(11-9-15)13-17(27)21-6;/h14-16H,8-13H2,1-7H3,(H,21,27)(H,25,28)(H2,22,23,24);1H. The Balaban J connectivity index is 0.00000841. The van der Waals surface area contributed by atoms with Crippen LogP contribution in [0.3, 0.4) is 0 Å². The zero-order chi connectivity index (χ0) is 22.0. The van der Waals surface area contributed by atoms with Crippen LogP contribution >= 0.6 is 24.0 Å². The van der Waals surface area contributed by atoms with E-state index in [1.807, 2.05) is 20.8 Å². The Hall–Kier alpha value is -1.30. The quantitative estimate of drug-likeness (QED) is 0.222. The molecule has 1 aliphatic rings. The summed E-state index contributed by atoms with van der Waals surface area (Å²) in [5.41, 5.74) is -0.525. The van der Waals surface area contributed by atoms with Crippen molar-refractivity contribution in [3.63, 3.8) is 0 Å². The molecule has 0 aliphatic carbocycles. The first-order valence-electron chi connectivity index (χ1n) is 10.4. The number of nitrogens with zero attached hydrogens (tertiary/aromatic N) is 2. The zero-order valence-electron chi connectivity index (χ0n) is 19.5. The number of likely N-dealkylation sites (N-methyl/N-ethyl adjacent to an activating group) is 1. The minimum Gasteiger partial charge on any atom is -0.444 e. The van der Waals surface area contributed by atoms with E-state index in [-0.39, 0.29) is 41.8 Å². The molecular formula is C20H41IN6O3. The summed E-state index contributed by atoms with van der Waals surface area (Å²) in [4.78, 5) is 30.1. The van der Waals surface area contributed by atoms with Crippen LogP contribution in [0.5, 0.6) is 0 Å². The third-order valence-corrected chi connectivity index (χ3v) is 4.79. The van der Waals surface area contributed by atoms with Gasteiger partial charge in [0.05, 0.1) is 12.6 Å². The van der Waals surface area contributed by atoms with Crippen molar-refractivity contribution in [2.75, 3.05) is 40.3 Å². The lowest BCUT2D eigenvalue weighted by Gasteiger charge is -2.33. The van der Waals surface area contributed by atoms with E-state index < -0.39 is 11.7 Å². The molecular weight excluding hydrogens is 499 g/mol. The predicted octanol–water partition coefficient (Wildman–Crippen LogP) is 1.53. The number of aliphatic imine (C=N–C) groups is 1. The third-order valence-electron chi connectivity index (χ3n) is 4.79. The second kappa shape index (κ2) is 13.9. The molecule has 4 N–H and O–H groups in total. The van der Waals surface area contributed by atoms with Crippen molar-refractivity contribution in [2.24, 2.45) is 10.9 Å². The van der Waals surface area contributed by atoms with Crippen LogP contribution in [-0.4, -0.2) is 80.8 Å². The molecule has 0 aromatic carbocycles. The van der Waals surface area contributed by atoms with Crippen molar-refractivity contribution in [3.05, 3.63) is 0 Å². The molecule has 0 radical (unpaired) electrons. The number of halogens is 1. The van der Waals surface area contributed by atoms with E-state index in [0.717, 1.165) is 25.9 Å². The zero-order valence-corrected chi connectivity index (χ0v) is 21.8. The van der Waals surface area contributed by atoms with Crippen molar-refractivity contribution < 1.29 is 14.3 Å². The molecule has 1 atom stereocenters. The number of hydrogen-bond acceptors (Lipinski definition) is 5. The van der Waals surface area contributed by atoms with Gasteiger partial charge in [-0.15, -0.1) is 24.0 Å². The summed E-state index contributed by atoms with van der Waals surface area (Å²) < 4.78 is 5.36. The fraction of sp³-hybridized carbons (Fsp3) is 0.850. The van der Waals surface area contributed by atoms with Crippen LogP contribution in [-0.2, 0) is 9.53 Å². The Labute approximate surface area is 198 Å². The maximum absolute atomic E-state index is 12.1. The summed E-state index contributed by atoms with van der Waals surface area (Å²) >= 11 is 0. The number of rotatable bonds is 7. The highest BCUT2D eigenvalue weighted by molar-refractivity contribution is 14.0. The van der Waals surface area contributed by atoms with Crippen molar-refractivity contribution >= 4 is 41.9 Å². The molecule has 30 heavy (non-hydrogen) atoms. The summed E-state index contributed by atoms with van der Waals surface area (Å²) in [6.07, 6.45) is 1.48. The largest absolute Gasteiger partial charge is 0.444 e. The van der Waals surface area contributed by atoms with E-state index in [1.54, 1.807) is 14.1 Å². The van der Waals surface area contributed by atoms with Gasteiger partial charge in [0.25, 0.3) is 0 Å². The van der Waals surface area contributed by atoms with Gasteiger partial charge in [-0.05, 0) is 39.5 Å². The molecule has 1 fully saturated rings. The molecule has 2 amide bonds. The van der Waals surface area contributed by atoms with E-state index in [9.17, 15) is 9.59 Å². The molecule has 1 saturated heterocycles. The molecule has 176 valence electrons. The third kappa shape index (κ3) is 11.8. The van der Waals surface area contributed by atoms with Gasteiger partial charge in [-0.1, -0.05) is 13.8 Å². The Morgan fingerprint density at radius 2 is 1.80 bits per heavy atom. The average Bonchev–Trinajstić information content (AvgIpc) is 2.63. The van der Waals surface area contributed by atoms with Crippen LogP contribution in [0.15, 0.2) is 4.99 Å². The van der Waals surface area contributed by atoms with Crippen LogP contribution in [0.25, 0.3) is 0 Å². The SMILES string of the molecule is CN=C(NCC(NC(=O)OC(C)(C)C)C(C)C)NC1CCN(CC(=O)NC)CC1.I. The number of piperidine rings is 1. The number of carbonyl (C=O) groups excluding carboxylic acids is 2. The fourth-order valence-corrected chi connectivity index (χ4v) is 3.02. The lowest BCUT2D eigenvalue weighted by Crippen LogP contribution is -2.53. The average molecular weight is 540 g/mol. The Morgan fingerprint density at radius 3 is 2.27 bits per heavy atom.